The average Bonchev–Trinajstić information content (AvgIpc) is 2.65. The number of nitro groups is 1. The molecule has 1 N–H and O–H groups in total. The summed E-state index contributed by atoms with van der Waals surface area (Å²) in [6.07, 6.45) is 1.13. The Balaban J connectivity index is 2.45. The smallest absolute Gasteiger partial charge is 0.280 e. The van der Waals surface area contributed by atoms with Crippen molar-refractivity contribution in [3.63, 3.8) is 0 Å². The summed E-state index contributed by atoms with van der Waals surface area (Å²) in [6, 6.07) is 11.1. The van der Waals surface area contributed by atoms with E-state index in [4.69, 9.17) is 9.47 Å². The molecular weight excluding hydrogens is 418 g/mol. The number of nitro benzene ring substituents is 1. The summed E-state index contributed by atoms with van der Waals surface area (Å²) in [4.78, 5) is 23.1. The third-order valence-corrected chi connectivity index (χ3v) is 3.97. The van der Waals surface area contributed by atoms with Crippen LogP contribution >= 0.6 is 15.9 Å². The van der Waals surface area contributed by atoms with Crippen molar-refractivity contribution < 1.29 is 19.2 Å². The number of ether oxygens (including phenoxy) is 2. The predicted octanol–water partition coefficient (Wildman–Crippen LogP) is 3.92. The van der Waals surface area contributed by atoms with Crippen molar-refractivity contribution in [3.8, 4) is 17.6 Å². The minimum Gasteiger partial charge on any atom is -0.493 e. The number of hydrogen-bond acceptors (Lipinski definition) is 6. The maximum absolute atomic E-state index is 12.4. The molecule has 0 unspecified atom stereocenters. The van der Waals surface area contributed by atoms with Crippen molar-refractivity contribution in [3.05, 3.63) is 62.1 Å². The van der Waals surface area contributed by atoms with Crippen LogP contribution in [-0.4, -0.2) is 25.1 Å². The van der Waals surface area contributed by atoms with Gasteiger partial charge in [0.15, 0.2) is 11.5 Å². The first kappa shape index (κ1) is 19.9. The van der Waals surface area contributed by atoms with Gasteiger partial charge in [0.1, 0.15) is 11.6 Å². The second kappa shape index (κ2) is 8.82. The van der Waals surface area contributed by atoms with Crippen LogP contribution in [0.25, 0.3) is 6.08 Å². The maximum Gasteiger partial charge on any atom is 0.280 e. The van der Waals surface area contributed by atoms with Gasteiger partial charge in [0, 0.05) is 10.2 Å². The van der Waals surface area contributed by atoms with Gasteiger partial charge in [-0.05, 0) is 30.3 Å². The monoisotopic (exact) mass is 431 g/mol. The van der Waals surface area contributed by atoms with Gasteiger partial charge in [0.25, 0.3) is 11.6 Å². The SMILES string of the molecule is COc1cc(/C=C(\C#N)C(=O)Nc2cccc(Br)c2)c([N+](=O)[O-])cc1OC. The van der Waals surface area contributed by atoms with Crippen LogP contribution in [0, 0.1) is 21.4 Å². The molecule has 0 aliphatic heterocycles. The highest BCUT2D eigenvalue weighted by Crippen LogP contribution is 2.35. The van der Waals surface area contributed by atoms with Gasteiger partial charge in [-0.3, -0.25) is 14.9 Å². The van der Waals surface area contributed by atoms with Gasteiger partial charge in [-0.1, -0.05) is 22.0 Å². The zero-order valence-corrected chi connectivity index (χ0v) is 15.9. The third kappa shape index (κ3) is 4.83. The van der Waals surface area contributed by atoms with Crippen molar-refractivity contribution in [2.24, 2.45) is 0 Å². The molecule has 9 heteroatoms. The van der Waals surface area contributed by atoms with Gasteiger partial charge in [0.05, 0.1) is 30.8 Å². The number of carbonyl (C=O) groups is 1. The Kier molecular flexibility index (Phi) is 6.51. The molecular formula is C18H14BrN3O5. The number of nitrogens with zero attached hydrogens (tertiary/aromatic N) is 2. The Labute approximate surface area is 163 Å². The number of halogens is 1. The first-order valence-electron chi connectivity index (χ1n) is 7.48. The lowest BCUT2D eigenvalue weighted by Gasteiger charge is -2.09. The molecule has 0 bridgehead atoms. The van der Waals surface area contributed by atoms with E-state index >= 15 is 0 Å². The quantitative estimate of drug-likeness (QED) is 0.320. The van der Waals surface area contributed by atoms with Crippen molar-refractivity contribution >= 4 is 39.3 Å². The first-order valence-corrected chi connectivity index (χ1v) is 8.28. The molecule has 0 aliphatic rings. The first-order chi connectivity index (χ1) is 12.9. The third-order valence-electron chi connectivity index (χ3n) is 3.48. The van der Waals surface area contributed by atoms with E-state index in [9.17, 15) is 20.2 Å². The zero-order chi connectivity index (χ0) is 20.0. The number of rotatable bonds is 6. The number of benzene rings is 2. The number of hydrogen-bond donors (Lipinski definition) is 1. The summed E-state index contributed by atoms with van der Waals surface area (Å²) < 4.78 is 10.9. The average molecular weight is 432 g/mol. The minimum absolute atomic E-state index is 0.0404. The number of nitriles is 1. The molecule has 0 aromatic heterocycles. The molecule has 2 aromatic carbocycles. The summed E-state index contributed by atoms with van der Waals surface area (Å²) in [5, 5.41) is 23.3. The number of carbonyl (C=O) groups excluding carboxylic acids is 1. The standard InChI is InChI=1S/C18H14BrN3O5/c1-26-16-7-11(15(22(24)25)9-17(16)27-2)6-12(10-20)18(23)21-14-5-3-4-13(19)8-14/h3-9H,1-2H3,(H,21,23)/b12-6+. The van der Waals surface area contributed by atoms with Gasteiger partial charge in [0.2, 0.25) is 0 Å². The Bertz CT molecular complexity index is 966. The van der Waals surface area contributed by atoms with E-state index in [-0.39, 0.29) is 28.3 Å². The highest BCUT2D eigenvalue weighted by molar-refractivity contribution is 9.10. The van der Waals surface area contributed by atoms with Crippen molar-refractivity contribution in [2.45, 2.75) is 0 Å². The molecule has 0 spiro atoms. The summed E-state index contributed by atoms with van der Waals surface area (Å²) in [7, 11) is 2.73. The number of anilines is 1. The molecule has 0 saturated carbocycles. The summed E-state index contributed by atoms with van der Waals surface area (Å²) in [6.45, 7) is 0. The van der Waals surface area contributed by atoms with Crippen LogP contribution in [-0.2, 0) is 4.79 Å². The van der Waals surface area contributed by atoms with Gasteiger partial charge in [-0.25, -0.2) is 0 Å². The fraction of sp³-hybridized carbons (Fsp3) is 0.111. The molecule has 0 heterocycles. The molecule has 0 saturated heterocycles. The van der Waals surface area contributed by atoms with E-state index in [1.165, 1.54) is 26.4 Å². The molecule has 2 rings (SSSR count). The normalized spacial score (nSPS) is 10.7. The van der Waals surface area contributed by atoms with Crippen LogP contribution in [0.4, 0.5) is 11.4 Å². The Hall–Kier alpha value is -3.38. The van der Waals surface area contributed by atoms with Crippen LogP contribution in [0.3, 0.4) is 0 Å². The largest absolute Gasteiger partial charge is 0.493 e. The fourth-order valence-corrected chi connectivity index (χ4v) is 2.63. The van der Waals surface area contributed by atoms with E-state index in [1.54, 1.807) is 30.3 Å². The van der Waals surface area contributed by atoms with Crippen LogP contribution in [0.2, 0.25) is 0 Å². The van der Waals surface area contributed by atoms with Crippen molar-refractivity contribution in [2.75, 3.05) is 19.5 Å². The number of methoxy groups -OCH3 is 2. The van der Waals surface area contributed by atoms with E-state index < -0.39 is 10.8 Å². The molecule has 2 aromatic rings. The van der Waals surface area contributed by atoms with Gasteiger partial charge < -0.3 is 14.8 Å². The molecule has 0 radical (unpaired) electrons. The topological polar surface area (TPSA) is 114 Å². The van der Waals surface area contributed by atoms with Crippen molar-refractivity contribution in [1.82, 2.24) is 0 Å². The van der Waals surface area contributed by atoms with Gasteiger partial charge >= 0.3 is 0 Å². The second-order valence-corrected chi connectivity index (χ2v) is 6.07. The Morgan fingerprint density at radius 3 is 2.48 bits per heavy atom. The molecule has 138 valence electrons. The molecule has 0 aliphatic carbocycles. The number of amides is 1. The van der Waals surface area contributed by atoms with Crippen LogP contribution < -0.4 is 14.8 Å². The molecule has 8 nitrogen and oxygen atoms in total. The Morgan fingerprint density at radius 2 is 1.93 bits per heavy atom. The molecule has 0 fully saturated rings. The minimum atomic E-state index is -0.695. The van der Waals surface area contributed by atoms with Crippen LogP contribution in [0.1, 0.15) is 5.56 Å². The van der Waals surface area contributed by atoms with E-state index in [0.29, 0.717) is 5.69 Å². The van der Waals surface area contributed by atoms with E-state index in [2.05, 4.69) is 21.2 Å². The highest BCUT2D eigenvalue weighted by atomic mass is 79.9. The van der Waals surface area contributed by atoms with Crippen LogP contribution in [0.15, 0.2) is 46.4 Å². The zero-order valence-electron chi connectivity index (χ0n) is 14.4. The lowest BCUT2D eigenvalue weighted by atomic mass is 10.1. The lowest BCUT2D eigenvalue weighted by molar-refractivity contribution is -0.385. The highest BCUT2D eigenvalue weighted by Gasteiger charge is 2.20. The molecule has 0 atom stereocenters. The maximum atomic E-state index is 12.4. The summed E-state index contributed by atoms with van der Waals surface area (Å²) >= 11 is 3.28. The molecule has 1 amide bonds. The van der Waals surface area contributed by atoms with E-state index in [0.717, 1.165) is 10.5 Å². The molecule has 27 heavy (non-hydrogen) atoms. The van der Waals surface area contributed by atoms with Gasteiger partial charge in [-0.2, -0.15) is 5.26 Å². The fourth-order valence-electron chi connectivity index (χ4n) is 2.23. The number of nitrogens with one attached hydrogen (secondary N) is 1. The summed E-state index contributed by atoms with van der Waals surface area (Å²) in [5.74, 6) is -0.294. The lowest BCUT2D eigenvalue weighted by Crippen LogP contribution is -2.13. The summed E-state index contributed by atoms with van der Waals surface area (Å²) in [5.41, 5.74) is -0.114. The van der Waals surface area contributed by atoms with Gasteiger partial charge in [-0.15, -0.1) is 0 Å². The second-order valence-electron chi connectivity index (χ2n) is 5.16. The van der Waals surface area contributed by atoms with Crippen molar-refractivity contribution in [1.29, 1.82) is 5.26 Å². The van der Waals surface area contributed by atoms with E-state index in [1.807, 2.05) is 0 Å². The predicted molar refractivity (Wildman–Crippen MR) is 103 cm³/mol. The van der Waals surface area contributed by atoms with Crippen LogP contribution in [0.5, 0.6) is 11.5 Å². The Morgan fingerprint density at radius 1 is 1.26 bits per heavy atom.